The van der Waals surface area contributed by atoms with E-state index in [1.54, 1.807) is 0 Å². The van der Waals surface area contributed by atoms with Crippen LogP contribution in [0, 0.1) is 0 Å². The van der Waals surface area contributed by atoms with Crippen LogP contribution in [0.2, 0.25) is 0 Å². The van der Waals surface area contributed by atoms with Crippen LogP contribution in [0.25, 0.3) is 0 Å². The normalized spacial score (nSPS) is 17.3. The number of ether oxygens (including phenoxy) is 2. The topological polar surface area (TPSA) is 123 Å². The van der Waals surface area contributed by atoms with Crippen molar-refractivity contribution in [2.24, 2.45) is 22.9 Å². The van der Waals surface area contributed by atoms with Crippen molar-refractivity contribution in [3.63, 3.8) is 0 Å². The lowest BCUT2D eigenvalue weighted by Gasteiger charge is -2.11. The smallest absolute Gasteiger partial charge is 0.0669 e. The Balaban J connectivity index is 0. The van der Waals surface area contributed by atoms with Gasteiger partial charge >= 0.3 is 0 Å². The molecule has 0 fully saturated rings. The molecule has 4 atom stereocenters. The van der Waals surface area contributed by atoms with Crippen LogP contribution in [0.1, 0.15) is 27.7 Å². The molecule has 0 aromatic rings. The fourth-order valence-corrected chi connectivity index (χ4v) is 0.768. The first-order chi connectivity index (χ1) is 8.33. The second-order valence-corrected chi connectivity index (χ2v) is 4.71. The van der Waals surface area contributed by atoms with Gasteiger partial charge in [0.1, 0.15) is 0 Å². The van der Waals surface area contributed by atoms with Gasteiger partial charge in [0.2, 0.25) is 0 Å². The van der Waals surface area contributed by atoms with Gasteiger partial charge in [-0.1, -0.05) is 0 Å². The Morgan fingerprint density at radius 3 is 1.17 bits per heavy atom. The Morgan fingerprint density at radius 2 is 1.00 bits per heavy atom. The monoisotopic (exact) mass is 264 g/mol. The van der Waals surface area contributed by atoms with Crippen molar-refractivity contribution in [3.8, 4) is 0 Å². The van der Waals surface area contributed by atoms with Crippen LogP contribution in [-0.4, -0.2) is 50.6 Å². The highest BCUT2D eigenvalue weighted by Crippen LogP contribution is 1.88. The van der Waals surface area contributed by atoms with Crippen molar-refractivity contribution in [3.05, 3.63) is 0 Å². The molecule has 0 spiro atoms. The lowest BCUT2D eigenvalue weighted by molar-refractivity contribution is 0.0646. The molecule has 0 aliphatic carbocycles. The minimum Gasteiger partial charge on any atom is -0.376 e. The fraction of sp³-hybridized carbons (Fsp3) is 1.00. The van der Waals surface area contributed by atoms with E-state index in [9.17, 15) is 0 Å². The molecule has 0 amide bonds. The van der Waals surface area contributed by atoms with E-state index < -0.39 is 0 Å². The Kier molecular flexibility index (Phi) is 14.7. The van der Waals surface area contributed by atoms with E-state index >= 15 is 0 Å². The Morgan fingerprint density at radius 1 is 0.722 bits per heavy atom. The summed E-state index contributed by atoms with van der Waals surface area (Å²) in [6.07, 6.45) is 0.270. The molecular formula is C12H32N4O2. The average Bonchev–Trinajstić information content (AvgIpc) is 2.33. The molecule has 0 rings (SSSR count). The molecule has 0 aromatic carbocycles. The molecule has 0 aliphatic heterocycles. The van der Waals surface area contributed by atoms with Crippen molar-refractivity contribution in [1.82, 2.24) is 0 Å². The van der Waals surface area contributed by atoms with Gasteiger partial charge in [0.05, 0.1) is 25.4 Å². The van der Waals surface area contributed by atoms with E-state index in [2.05, 4.69) is 0 Å². The molecule has 4 unspecified atom stereocenters. The summed E-state index contributed by atoms with van der Waals surface area (Å²) >= 11 is 0. The van der Waals surface area contributed by atoms with Gasteiger partial charge < -0.3 is 32.4 Å². The molecule has 0 aromatic heterocycles. The first-order valence-electron chi connectivity index (χ1n) is 6.47. The first-order valence-corrected chi connectivity index (χ1v) is 6.47. The van der Waals surface area contributed by atoms with Crippen molar-refractivity contribution >= 4 is 0 Å². The second-order valence-electron chi connectivity index (χ2n) is 4.71. The zero-order valence-electron chi connectivity index (χ0n) is 12.3. The third-order valence-electron chi connectivity index (χ3n) is 1.95. The van der Waals surface area contributed by atoms with E-state index in [1.807, 2.05) is 27.7 Å². The van der Waals surface area contributed by atoms with Crippen LogP contribution < -0.4 is 22.9 Å². The summed E-state index contributed by atoms with van der Waals surface area (Å²) < 4.78 is 10.4. The fourth-order valence-electron chi connectivity index (χ4n) is 0.768. The summed E-state index contributed by atoms with van der Waals surface area (Å²) in [7, 11) is 0. The summed E-state index contributed by atoms with van der Waals surface area (Å²) in [4.78, 5) is 0. The van der Waals surface area contributed by atoms with Gasteiger partial charge in [-0.25, -0.2) is 0 Å². The molecule has 0 saturated heterocycles. The zero-order valence-corrected chi connectivity index (χ0v) is 12.3. The number of nitrogens with two attached hydrogens (primary N) is 4. The van der Waals surface area contributed by atoms with Gasteiger partial charge in [-0.15, -0.1) is 0 Å². The third kappa shape index (κ3) is 18.1. The molecule has 6 heteroatoms. The van der Waals surface area contributed by atoms with Crippen molar-refractivity contribution in [2.45, 2.75) is 52.0 Å². The third-order valence-corrected chi connectivity index (χ3v) is 1.95. The van der Waals surface area contributed by atoms with Crippen molar-refractivity contribution in [1.29, 1.82) is 0 Å². The van der Waals surface area contributed by atoms with Gasteiger partial charge in [0.25, 0.3) is 0 Å². The minimum absolute atomic E-state index is 0.110. The maximum atomic E-state index is 5.43. The van der Waals surface area contributed by atoms with Gasteiger partial charge in [-0.2, -0.15) is 0 Å². The molecule has 6 nitrogen and oxygen atoms in total. The van der Waals surface area contributed by atoms with E-state index in [0.717, 1.165) is 0 Å². The maximum Gasteiger partial charge on any atom is 0.0669 e. The lowest BCUT2D eigenvalue weighted by Crippen LogP contribution is -2.28. The minimum atomic E-state index is 0.110. The number of rotatable bonds is 8. The molecule has 0 bridgehead atoms. The second kappa shape index (κ2) is 13.2. The summed E-state index contributed by atoms with van der Waals surface area (Å²) in [5.41, 5.74) is 21.4. The predicted molar refractivity (Wildman–Crippen MR) is 76.2 cm³/mol. The summed E-state index contributed by atoms with van der Waals surface area (Å²) in [5.74, 6) is 0. The SMILES string of the molecule is CC(N)COC(C)CN.CC(N)COC(C)CN. The van der Waals surface area contributed by atoms with E-state index in [1.165, 1.54) is 0 Å². The van der Waals surface area contributed by atoms with Gasteiger partial charge in [-0.3, -0.25) is 0 Å². The molecular weight excluding hydrogens is 232 g/mol. The van der Waals surface area contributed by atoms with Crippen molar-refractivity contribution < 1.29 is 9.47 Å². The highest BCUT2D eigenvalue weighted by molar-refractivity contribution is 4.54. The maximum absolute atomic E-state index is 5.43. The van der Waals surface area contributed by atoms with Crippen LogP contribution in [0.3, 0.4) is 0 Å². The highest BCUT2D eigenvalue weighted by Gasteiger charge is 1.99. The quantitative estimate of drug-likeness (QED) is 0.464. The molecule has 0 heterocycles. The predicted octanol–water partition coefficient (Wildman–Crippen LogP) is -0.605. The Hall–Kier alpha value is -0.240. The van der Waals surface area contributed by atoms with Crippen LogP contribution in [0.15, 0.2) is 0 Å². The first kappa shape index (κ1) is 20.1. The number of hydrogen-bond donors (Lipinski definition) is 4. The zero-order chi connectivity index (χ0) is 14.6. The van der Waals surface area contributed by atoms with Gasteiger partial charge in [0, 0.05) is 25.2 Å². The van der Waals surface area contributed by atoms with Crippen LogP contribution >= 0.6 is 0 Å². The Labute approximate surface area is 111 Å². The number of hydrogen-bond acceptors (Lipinski definition) is 6. The lowest BCUT2D eigenvalue weighted by atomic mass is 10.4. The molecule has 112 valence electrons. The molecule has 8 N–H and O–H groups in total. The van der Waals surface area contributed by atoms with E-state index in [0.29, 0.717) is 26.3 Å². The van der Waals surface area contributed by atoms with Crippen LogP contribution in [0.4, 0.5) is 0 Å². The van der Waals surface area contributed by atoms with Gasteiger partial charge in [-0.05, 0) is 27.7 Å². The van der Waals surface area contributed by atoms with Crippen molar-refractivity contribution in [2.75, 3.05) is 26.3 Å². The summed E-state index contributed by atoms with van der Waals surface area (Å²) in [5, 5.41) is 0. The van der Waals surface area contributed by atoms with Crippen LogP contribution in [0.5, 0.6) is 0 Å². The standard InChI is InChI=1S/2C6H16N2O/c2*1-5(8)4-9-6(2)3-7/h2*5-6H,3-4,7-8H2,1-2H3. The van der Waals surface area contributed by atoms with E-state index in [-0.39, 0.29) is 24.3 Å². The molecule has 0 aliphatic rings. The molecule has 18 heavy (non-hydrogen) atoms. The van der Waals surface area contributed by atoms with E-state index in [4.69, 9.17) is 32.4 Å². The molecule has 0 saturated carbocycles. The largest absolute Gasteiger partial charge is 0.376 e. The van der Waals surface area contributed by atoms with Crippen LogP contribution in [-0.2, 0) is 9.47 Å². The highest BCUT2D eigenvalue weighted by atomic mass is 16.5. The Bertz CT molecular complexity index is 150. The summed E-state index contributed by atoms with van der Waals surface area (Å²) in [6.45, 7) is 9.99. The molecule has 0 radical (unpaired) electrons. The average molecular weight is 264 g/mol. The van der Waals surface area contributed by atoms with Gasteiger partial charge in [0.15, 0.2) is 0 Å². The summed E-state index contributed by atoms with van der Waals surface area (Å²) in [6, 6.07) is 0.220.